The molecule has 0 radical (unpaired) electrons. The zero-order chi connectivity index (χ0) is 21.4. The average molecular weight is 409 g/mol. The van der Waals surface area contributed by atoms with Crippen molar-refractivity contribution in [2.75, 3.05) is 20.8 Å². The van der Waals surface area contributed by atoms with Crippen molar-refractivity contribution in [1.29, 1.82) is 0 Å². The zero-order valence-electron chi connectivity index (χ0n) is 15.5. The quantitative estimate of drug-likeness (QED) is 0.544. The number of ether oxygens (including phenoxy) is 2. The van der Waals surface area contributed by atoms with Crippen molar-refractivity contribution < 1.29 is 32.2 Å². The van der Waals surface area contributed by atoms with E-state index in [4.69, 9.17) is 9.47 Å². The lowest BCUT2D eigenvalue weighted by atomic mass is 10.1. The first kappa shape index (κ1) is 21.7. The van der Waals surface area contributed by atoms with Gasteiger partial charge in [0.25, 0.3) is 11.8 Å². The lowest BCUT2D eigenvalue weighted by Crippen LogP contribution is -2.34. The van der Waals surface area contributed by atoms with Crippen molar-refractivity contribution in [3.63, 3.8) is 0 Å². The molecule has 0 fully saturated rings. The Balaban J connectivity index is 1.85. The van der Waals surface area contributed by atoms with E-state index in [1.807, 2.05) is 0 Å². The standard InChI is InChI=1S/C19H18F3N3O4/c1-28-15-8-5-13(9-16(15)29-2)18(27)23-11-17(26)25-24-10-12-3-6-14(7-4-12)19(20,21)22/h3-10H,11H2,1-2H3,(H,23,27)(H,25,26)/b24-10-. The van der Waals surface area contributed by atoms with Gasteiger partial charge >= 0.3 is 6.18 Å². The summed E-state index contributed by atoms with van der Waals surface area (Å²) < 4.78 is 47.7. The molecule has 0 atom stereocenters. The molecule has 7 nitrogen and oxygen atoms in total. The van der Waals surface area contributed by atoms with E-state index in [1.54, 1.807) is 6.07 Å². The average Bonchev–Trinajstić information content (AvgIpc) is 2.71. The Morgan fingerprint density at radius 1 is 1.03 bits per heavy atom. The monoisotopic (exact) mass is 409 g/mol. The maximum atomic E-state index is 12.5. The van der Waals surface area contributed by atoms with E-state index < -0.39 is 23.6 Å². The van der Waals surface area contributed by atoms with E-state index in [-0.39, 0.29) is 12.1 Å². The lowest BCUT2D eigenvalue weighted by Gasteiger charge is -2.09. The molecule has 0 unspecified atom stereocenters. The molecule has 0 aliphatic rings. The molecule has 0 saturated heterocycles. The molecule has 2 amide bonds. The number of hydrazone groups is 1. The molecular formula is C19H18F3N3O4. The third-order valence-electron chi connectivity index (χ3n) is 3.70. The van der Waals surface area contributed by atoms with E-state index in [9.17, 15) is 22.8 Å². The van der Waals surface area contributed by atoms with E-state index in [1.165, 1.54) is 44.7 Å². The number of rotatable bonds is 7. The summed E-state index contributed by atoms with van der Waals surface area (Å²) in [6.07, 6.45) is -3.23. The fraction of sp³-hybridized carbons (Fsp3) is 0.211. The van der Waals surface area contributed by atoms with E-state index in [2.05, 4.69) is 15.8 Å². The number of nitrogens with zero attached hydrogens (tertiary/aromatic N) is 1. The Morgan fingerprint density at radius 3 is 2.28 bits per heavy atom. The highest BCUT2D eigenvalue weighted by atomic mass is 19.4. The third kappa shape index (κ3) is 6.23. The topological polar surface area (TPSA) is 89.0 Å². The van der Waals surface area contributed by atoms with Crippen LogP contribution in [0.4, 0.5) is 13.2 Å². The second kappa shape index (κ2) is 9.58. The highest BCUT2D eigenvalue weighted by molar-refractivity contribution is 5.97. The van der Waals surface area contributed by atoms with Crippen molar-refractivity contribution in [3.05, 3.63) is 59.2 Å². The number of nitrogens with one attached hydrogen (secondary N) is 2. The molecule has 2 N–H and O–H groups in total. The summed E-state index contributed by atoms with van der Waals surface area (Å²) in [5, 5.41) is 6.05. The minimum absolute atomic E-state index is 0.267. The van der Waals surface area contributed by atoms with Crippen LogP contribution >= 0.6 is 0 Å². The fourth-order valence-electron chi connectivity index (χ4n) is 2.22. The van der Waals surface area contributed by atoms with Crippen molar-refractivity contribution in [1.82, 2.24) is 10.7 Å². The minimum atomic E-state index is -4.42. The van der Waals surface area contributed by atoms with Gasteiger partial charge in [0.05, 0.1) is 32.5 Å². The van der Waals surface area contributed by atoms with Gasteiger partial charge in [-0.05, 0) is 35.9 Å². The first-order chi connectivity index (χ1) is 13.7. The summed E-state index contributed by atoms with van der Waals surface area (Å²) in [4.78, 5) is 23.9. The number of hydrogen-bond acceptors (Lipinski definition) is 5. The molecule has 0 aliphatic heterocycles. The lowest BCUT2D eigenvalue weighted by molar-refractivity contribution is -0.137. The third-order valence-corrected chi connectivity index (χ3v) is 3.70. The van der Waals surface area contributed by atoms with Gasteiger partial charge in [-0.2, -0.15) is 18.3 Å². The predicted octanol–water partition coefficient (Wildman–Crippen LogP) is 2.60. The highest BCUT2D eigenvalue weighted by Crippen LogP contribution is 2.29. The summed E-state index contributed by atoms with van der Waals surface area (Å²) in [6, 6.07) is 8.79. The van der Waals surface area contributed by atoms with Crippen LogP contribution in [0.3, 0.4) is 0 Å². The van der Waals surface area contributed by atoms with Gasteiger partial charge in [0.2, 0.25) is 0 Å². The highest BCUT2D eigenvalue weighted by Gasteiger charge is 2.29. The van der Waals surface area contributed by atoms with Gasteiger partial charge in [0, 0.05) is 5.56 Å². The first-order valence-corrected chi connectivity index (χ1v) is 8.24. The molecule has 0 aromatic heterocycles. The molecular weight excluding hydrogens is 391 g/mol. The van der Waals surface area contributed by atoms with Crippen LogP contribution in [-0.2, 0) is 11.0 Å². The van der Waals surface area contributed by atoms with E-state index in [0.29, 0.717) is 17.1 Å². The molecule has 0 aliphatic carbocycles. The van der Waals surface area contributed by atoms with E-state index in [0.717, 1.165) is 12.1 Å². The number of amides is 2. The maximum Gasteiger partial charge on any atom is 0.416 e. The number of methoxy groups -OCH3 is 2. The molecule has 0 heterocycles. The van der Waals surface area contributed by atoms with Crippen LogP contribution in [-0.4, -0.2) is 38.8 Å². The smallest absolute Gasteiger partial charge is 0.416 e. The second-order valence-corrected chi connectivity index (χ2v) is 5.67. The molecule has 0 spiro atoms. The van der Waals surface area contributed by atoms with Crippen molar-refractivity contribution in [2.45, 2.75) is 6.18 Å². The van der Waals surface area contributed by atoms with Gasteiger partial charge in [-0.1, -0.05) is 12.1 Å². The van der Waals surface area contributed by atoms with Crippen LogP contribution < -0.4 is 20.2 Å². The Labute approximate surface area is 164 Å². The SMILES string of the molecule is COc1ccc(C(=O)NCC(=O)N/N=C\c2ccc(C(F)(F)F)cc2)cc1OC. The Bertz CT molecular complexity index is 897. The normalized spacial score (nSPS) is 11.2. The van der Waals surface area contributed by atoms with Gasteiger partial charge in [0.15, 0.2) is 11.5 Å². The number of hydrogen-bond donors (Lipinski definition) is 2. The van der Waals surface area contributed by atoms with Gasteiger partial charge < -0.3 is 14.8 Å². The van der Waals surface area contributed by atoms with Gasteiger partial charge in [-0.15, -0.1) is 0 Å². The second-order valence-electron chi connectivity index (χ2n) is 5.67. The fourth-order valence-corrected chi connectivity index (χ4v) is 2.22. The largest absolute Gasteiger partial charge is 0.493 e. The van der Waals surface area contributed by atoms with Crippen LogP contribution in [0, 0.1) is 0 Å². The number of alkyl halides is 3. The molecule has 0 bridgehead atoms. The first-order valence-electron chi connectivity index (χ1n) is 8.24. The molecule has 154 valence electrons. The number of carbonyl (C=O) groups is 2. The van der Waals surface area contributed by atoms with Gasteiger partial charge in [0.1, 0.15) is 0 Å². The Kier molecular flexibility index (Phi) is 7.18. The number of benzene rings is 2. The van der Waals surface area contributed by atoms with Crippen LogP contribution in [0.25, 0.3) is 0 Å². The van der Waals surface area contributed by atoms with Gasteiger partial charge in [-0.3, -0.25) is 9.59 Å². The van der Waals surface area contributed by atoms with Crippen molar-refractivity contribution in [3.8, 4) is 11.5 Å². The van der Waals surface area contributed by atoms with Crippen LogP contribution in [0.15, 0.2) is 47.6 Å². The molecule has 0 saturated carbocycles. The van der Waals surface area contributed by atoms with E-state index >= 15 is 0 Å². The summed E-state index contributed by atoms with van der Waals surface area (Å²) in [7, 11) is 2.90. The number of carbonyl (C=O) groups excluding carboxylic acids is 2. The zero-order valence-corrected chi connectivity index (χ0v) is 15.5. The molecule has 2 aromatic carbocycles. The summed E-state index contributed by atoms with van der Waals surface area (Å²) in [5.41, 5.74) is 2.03. The Morgan fingerprint density at radius 2 is 1.69 bits per heavy atom. The van der Waals surface area contributed by atoms with Crippen molar-refractivity contribution >= 4 is 18.0 Å². The Hall–Kier alpha value is -3.56. The molecule has 29 heavy (non-hydrogen) atoms. The number of halogens is 3. The summed E-state index contributed by atoms with van der Waals surface area (Å²) >= 11 is 0. The summed E-state index contributed by atoms with van der Waals surface area (Å²) in [5.74, 6) is -0.292. The predicted molar refractivity (Wildman–Crippen MR) is 99.1 cm³/mol. The molecule has 10 heteroatoms. The summed E-state index contributed by atoms with van der Waals surface area (Å²) in [6.45, 7) is -0.350. The van der Waals surface area contributed by atoms with Crippen LogP contribution in [0.1, 0.15) is 21.5 Å². The van der Waals surface area contributed by atoms with Crippen molar-refractivity contribution in [2.24, 2.45) is 5.10 Å². The van der Waals surface area contributed by atoms with Crippen LogP contribution in [0.5, 0.6) is 11.5 Å². The maximum absolute atomic E-state index is 12.5. The molecule has 2 aromatic rings. The molecule has 2 rings (SSSR count). The minimum Gasteiger partial charge on any atom is -0.493 e. The van der Waals surface area contributed by atoms with Gasteiger partial charge in [-0.25, -0.2) is 5.43 Å². The van der Waals surface area contributed by atoms with Crippen LogP contribution in [0.2, 0.25) is 0 Å².